The molecule has 0 amide bonds. The first kappa shape index (κ1) is 19.6. The lowest BCUT2D eigenvalue weighted by atomic mass is 9.94. The van der Waals surface area contributed by atoms with Crippen molar-refractivity contribution >= 4 is 23.7 Å². The van der Waals surface area contributed by atoms with E-state index in [2.05, 4.69) is 0 Å². The molecule has 0 aliphatic heterocycles. The molecule has 0 fully saturated rings. The van der Waals surface area contributed by atoms with Gasteiger partial charge < -0.3 is 15.3 Å². The molecule has 22 heavy (non-hydrogen) atoms. The van der Waals surface area contributed by atoms with E-state index in [-0.39, 0.29) is 32.1 Å². The van der Waals surface area contributed by atoms with E-state index in [4.69, 9.17) is 15.3 Å². The van der Waals surface area contributed by atoms with Gasteiger partial charge in [0.2, 0.25) is 0 Å². The highest BCUT2D eigenvalue weighted by molar-refractivity contribution is 5.93. The second-order valence-electron chi connectivity index (χ2n) is 4.91. The Bertz CT molecular complexity index is 526. The molecule has 7 heteroatoms. The molecule has 0 saturated carbocycles. The summed E-state index contributed by atoms with van der Waals surface area (Å²) in [5.41, 5.74) is 1.41. The first-order valence-corrected chi connectivity index (χ1v) is 6.69. The van der Waals surface area contributed by atoms with E-state index in [0.29, 0.717) is 16.7 Å². The van der Waals surface area contributed by atoms with E-state index in [1.54, 1.807) is 13.8 Å². The van der Waals surface area contributed by atoms with Crippen LogP contribution >= 0.6 is 0 Å². The molecule has 0 bridgehead atoms. The van der Waals surface area contributed by atoms with Crippen LogP contribution in [0.25, 0.3) is 0 Å². The SMILES string of the molecule is C/C(CCC(=O)O)=C(CC(=O)O)/C(C)=C/C(=O)CCC(=O)O. The molecule has 3 N–H and O–H groups in total. The summed E-state index contributed by atoms with van der Waals surface area (Å²) in [4.78, 5) is 43.5. The third kappa shape index (κ3) is 8.68. The predicted molar refractivity (Wildman–Crippen MR) is 77.5 cm³/mol. The van der Waals surface area contributed by atoms with E-state index >= 15 is 0 Å². The molecule has 0 aliphatic rings. The van der Waals surface area contributed by atoms with Crippen molar-refractivity contribution in [1.29, 1.82) is 0 Å². The summed E-state index contributed by atoms with van der Waals surface area (Å²) in [6, 6.07) is 0. The fourth-order valence-electron chi connectivity index (χ4n) is 1.85. The number of carbonyl (C=O) groups excluding carboxylic acids is 1. The maximum atomic E-state index is 11.6. The van der Waals surface area contributed by atoms with Crippen molar-refractivity contribution < 1.29 is 34.5 Å². The molecular weight excluding hydrogens is 292 g/mol. The lowest BCUT2D eigenvalue weighted by Crippen LogP contribution is -2.05. The zero-order valence-electron chi connectivity index (χ0n) is 12.6. The summed E-state index contributed by atoms with van der Waals surface area (Å²) in [5.74, 6) is -3.57. The second-order valence-corrected chi connectivity index (χ2v) is 4.91. The Morgan fingerprint density at radius 2 is 1.27 bits per heavy atom. The van der Waals surface area contributed by atoms with Gasteiger partial charge in [-0.05, 0) is 37.5 Å². The highest BCUT2D eigenvalue weighted by atomic mass is 16.4. The highest BCUT2D eigenvalue weighted by Gasteiger charge is 2.13. The van der Waals surface area contributed by atoms with Crippen molar-refractivity contribution in [3.8, 4) is 0 Å². The summed E-state index contributed by atoms with van der Waals surface area (Å²) < 4.78 is 0. The van der Waals surface area contributed by atoms with E-state index in [0.717, 1.165) is 0 Å². The smallest absolute Gasteiger partial charge is 0.307 e. The molecule has 7 nitrogen and oxygen atoms in total. The van der Waals surface area contributed by atoms with E-state index in [1.807, 2.05) is 0 Å². The molecule has 0 unspecified atom stereocenters. The van der Waals surface area contributed by atoms with Crippen LogP contribution in [-0.2, 0) is 19.2 Å². The zero-order chi connectivity index (χ0) is 17.3. The fraction of sp³-hybridized carbons (Fsp3) is 0.467. The van der Waals surface area contributed by atoms with Crippen molar-refractivity contribution in [2.45, 2.75) is 46.0 Å². The average molecular weight is 312 g/mol. The molecule has 0 aromatic carbocycles. The molecule has 0 aromatic rings. The molecule has 122 valence electrons. The lowest BCUT2D eigenvalue weighted by Gasteiger charge is -2.11. The number of carbonyl (C=O) groups is 4. The first-order valence-electron chi connectivity index (χ1n) is 6.69. The van der Waals surface area contributed by atoms with Gasteiger partial charge in [0.1, 0.15) is 0 Å². The normalized spacial score (nSPS) is 12.5. The molecule has 0 saturated heterocycles. The standard InChI is InChI=1S/C15H20O7/c1-9(3-5-13(17)18)12(8-15(21)22)10(2)7-11(16)4-6-14(19)20/h7H,3-6,8H2,1-2H3,(H,17,18)(H,19,20)(H,21,22)/b10-7+,12-9-. The van der Waals surface area contributed by atoms with Crippen LogP contribution in [0.15, 0.2) is 22.8 Å². The number of aliphatic carboxylic acids is 3. The minimum atomic E-state index is -1.09. The Hall–Kier alpha value is -2.44. The van der Waals surface area contributed by atoms with Gasteiger partial charge in [-0.15, -0.1) is 0 Å². The van der Waals surface area contributed by atoms with E-state index in [1.165, 1.54) is 6.08 Å². The van der Waals surface area contributed by atoms with Crippen LogP contribution in [0.3, 0.4) is 0 Å². The van der Waals surface area contributed by atoms with E-state index < -0.39 is 23.7 Å². The van der Waals surface area contributed by atoms with Crippen LogP contribution in [0.1, 0.15) is 46.0 Å². The molecule has 0 aromatic heterocycles. The minimum absolute atomic E-state index is 0.130. The Balaban J connectivity index is 5.19. The van der Waals surface area contributed by atoms with Crippen LogP contribution < -0.4 is 0 Å². The van der Waals surface area contributed by atoms with Gasteiger partial charge in [-0.25, -0.2) is 0 Å². The molecule has 0 rings (SSSR count). The maximum Gasteiger partial charge on any atom is 0.307 e. The quantitative estimate of drug-likeness (QED) is 0.415. The summed E-state index contributed by atoms with van der Waals surface area (Å²) >= 11 is 0. The van der Waals surface area contributed by atoms with Crippen molar-refractivity contribution in [3.05, 3.63) is 22.8 Å². The van der Waals surface area contributed by atoms with Crippen molar-refractivity contribution in [2.75, 3.05) is 0 Å². The van der Waals surface area contributed by atoms with Crippen molar-refractivity contribution in [2.24, 2.45) is 0 Å². The monoisotopic (exact) mass is 312 g/mol. The van der Waals surface area contributed by atoms with E-state index in [9.17, 15) is 19.2 Å². The van der Waals surface area contributed by atoms with Gasteiger partial charge in [0, 0.05) is 12.8 Å². The molecule has 0 heterocycles. The Kier molecular flexibility index (Phi) is 8.44. The second kappa shape index (κ2) is 9.49. The zero-order valence-corrected chi connectivity index (χ0v) is 12.6. The van der Waals surface area contributed by atoms with Crippen LogP contribution in [0, 0.1) is 0 Å². The third-order valence-corrected chi connectivity index (χ3v) is 3.00. The number of rotatable bonds is 10. The van der Waals surface area contributed by atoms with Gasteiger partial charge >= 0.3 is 17.9 Å². The summed E-state index contributed by atoms with van der Waals surface area (Å²) in [7, 11) is 0. The number of carboxylic acid groups (broad SMARTS) is 3. The third-order valence-electron chi connectivity index (χ3n) is 3.00. The highest BCUT2D eigenvalue weighted by Crippen LogP contribution is 2.22. The fourth-order valence-corrected chi connectivity index (χ4v) is 1.85. The summed E-state index contributed by atoms with van der Waals surface area (Å²) in [6.07, 6.45) is 0.493. The van der Waals surface area contributed by atoms with Gasteiger partial charge in [-0.1, -0.05) is 5.57 Å². The average Bonchev–Trinajstić information content (AvgIpc) is 2.39. The van der Waals surface area contributed by atoms with Gasteiger partial charge in [0.25, 0.3) is 0 Å². The Labute approximate surface area is 127 Å². The molecule has 0 atom stereocenters. The van der Waals surface area contributed by atoms with Gasteiger partial charge in [0.05, 0.1) is 12.8 Å². The Morgan fingerprint density at radius 1 is 0.773 bits per heavy atom. The van der Waals surface area contributed by atoms with Gasteiger partial charge in [-0.3, -0.25) is 19.2 Å². The van der Waals surface area contributed by atoms with Crippen LogP contribution in [0.5, 0.6) is 0 Å². The molecule has 0 spiro atoms. The van der Waals surface area contributed by atoms with Crippen LogP contribution in [-0.4, -0.2) is 39.0 Å². The number of ketones is 1. The number of allylic oxidation sites excluding steroid dienone is 3. The Morgan fingerprint density at radius 3 is 1.73 bits per heavy atom. The number of carboxylic acids is 3. The predicted octanol–water partition coefficient (Wildman–Crippen LogP) is 2.02. The largest absolute Gasteiger partial charge is 0.481 e. The van der Waals surface area contributed by atoms with Gasteiger partial charge in [0.15, 0.2) is 5.78 Å². The van der Waals surface area contributed by atoms with Gasteiger partial charge in [-0.2, -0.15) is 0 Å². The lowest BCUT2D eigenvalue weighted by molar-refractivity contribution is -0.138. The summed E-state index contributed by atoms with van der Waals surface area (Å²) in [5, 5.41) is 26.1. The van der Waals surface area contributed by atoms with Crippen molar-refractivity contribution in [3.63, 3.8) is 0 Å². The summed E-state index contributed by atoms with van der Waals surface area (Å²) in [6.45, 7) is 3.18. The minimum Gasteiger partial charge on any atom is -0.481 e. The number of hydrogen-bond donors (Lipinski definition) is 3. The number of hydrogen-bond acceptors (Lipinski definition) is 4. The van der Waals surface area contributed by atoms with Crippen LogP contribution in [0.2, 0.25) is 0 Å². The molecule has 0 radical (unpaired) electrons. The topological polar surface area (TPSA) is 129 Å². The molecule has 0 aliphatic carbocycles. The maximum absolute atomic E-state index is 11.6. The van der Waals surface area contributed by atoms with Crippen molar-refractivity contribution in [1.82, 2.24) is 0 Å². The first-order chi connectivity index (χ1) is 10.1. The van der Waals surface area contributed by atoms with Crippen LogP contribution in [0.4, 0.5) is 0 Å². The molecular formula is C15H20O7.